The third-order valence-corrected chi connectivity index (χ3v) is 7.35. The Morgan fingerprint density at radius 2 is 1.23 bits per heavy atom. The monoisotopic (exact) mass is 730 g/mol. The van der Waals surface area contributed by atoms with Crippen LogP contribution < -0.4 is 0 Å². The maximum Gasteiger partial charge on any atom is 0.348 e. The zero-order chi connectivity index (χ0) is 23.2. The van der Waals surface area contributed by atoms with Crippen LogP contribution >= 0.6 is 80.1 Å². The van der Waals surface area contributed by atoms with Gasteiger partial charge in [-0.3, -0.25) is 4.79 Å². The molecule has 1 saturated heterocycles. The quantitative estimate of drug-likeness (QED) is 0.168. The molecule has 0 bridgehead atoms. The van der Waals surface area contributed by atoms with Crippen molar-refractivity contribution in [3.8, 4) is 0 Å². The minimum atomic E-state index is -0.805. The molecule has 0 radical (unpaired) electrons. The molecule has 164 valence electrons. The van der Waals surface area contributed by atoms with Gasteiger partial charge in [-0.1, -0.05) is 59.9 Å². The summed E-state index contributed by atoms with van der Waals surface area (Å²) >= 11 is 16.1. The molecule has 0 atom stereocenters. The van der Waals surface area contributed by atoms with Gasteiger partial charge in [-0.25, -0.2) is 8.72 Å². The van der Waals surface area contributed by atoms with Crippen molar-refractivity contribution in [2.45, 2.75) is 45.5 Å². The summed E-state index contributed by atoms with van der Waals surface area (Å²) in [4.78, 5) is 22.3. The Labute approximate surface area is 220 Å². The molecule has 0 unspecified atom stereocenters. The number of nitrogens with zero attached hydrogens (tertiary/aromatic N) is 2. The molecule has 2 aromatic rings. The first-order valence-corrected chi connectivity index (χ1v) is 13.0. The summed E-state index contributed by atoms with van der Waals surface area (Å²) < 4.78 is 4.43. The van der Waals surface area contributed by atoms with Gasteiger partial charge in [0, 0.05) is 14.3 Å². The fourth-order valence-electron chi connectivity index (χ4n) is 2.54. The zero-order valence-electron chi connectivity index (χ0n) is 17.3. The highest BCUT2D eigenvalue weighted by Crippen LogP contribution is 2.32. The van der Waals surface area contributed by atoms with Gasteiger partial charge in [0.15, 0.2) is 0 Å². The number of hydrogen-bond donors (Lipinski definition) is 0. The second kappa shape index (κ2) is 12.1. The summed E-state index contributed by atoms with van der Waals surface area (Å²) in [5.74, 6) is -0.278. The molecular formula is C21H23Br5N2O2. The number of carbonyl (C=O) groups is 2. The van der Waals surface area contributed by atoms with Gasteiger partial charge < -0.3 is 0 Å². The summed E-state index contributed by atoms with van der Waals surface area (Å²) in [5, 5.41) is 0.924. The topological polar surface area (TPSA) is 40.6 Å². The number of amides is 3. The predicted octanol–water partition coefficient (Wildman–Crippen LogP) is 8.37. The van der Waals surface area contributed by atoms with Gasteiger partial charge in [0.05, 0.1) is 32.3 Å². The average molecular weight is 735 g/mol. The summed E-state index contributed by atoms with van der Waals surface area (Å²) in [5.41, 5.74) is 4.42. The SMILES string of the molecule is CC1(C)C(=O)N(Br)C(=O)N1Br.Cc1cc(Br)cc(CBr)c1.Cc1cc(C)cc(Br)c1. The van der Waals surface area contributed by atoms with Crippen LogP contribution in [0.2, 0.25) is 0 Å². The lowest BCUT2D eigenvalue weighted by atomic mass is 10.1. The molecule has 3 amide bonds. The average Bonchev–Trinajstić information content (AvgIpc) is 2.76. The van der Waals surface area contributed by atoms with Crippen molar-refractivity contribution in [2.24, 2.45) is 0 Å². The third-order valence-electron chi connectivity index (χ3n) is 3.97. The molecule has 1 heterocycles. The van der Waals surface area contributed by atoms with Crippen LogP contribution in [0.15, 0.2) is 45.3 Å². The molecule has 0 saturated carbocycles. The van der Waals surface area contributed by atoms with E-state index in [2.05, 4.69) is 137 Å². The minimum absolute atomic E-state index is 0.278. The number of benzene rings is 2. The van der Waals surface area contributed by atoms with Crippen LogP contribution in [0, 0.1) is 20.8 Å². The van der Waals surface area contributed by atoms with Gasteiger partial charge in [0.1, 0.15) is 5.54 Å². The Kier molecular flexibility index (Phi) is 11.3. The highest BCUT2D eigenvalue weighted by Gasteiger charge is 2.50. The summed E-state index contributed by atoms with van der Waals surface area (Å²) in [6, 6.07) is 12.3. The zero-order valence-corrected chi connectivity index (χ0v) is 25.2. The second-order valence-electron chi connectivity index (χ2n) is 7.28. The summed E-state index contributed by atoms with van der Waals surface area (Å²) in [7, 11) is 0. The number of urea groups is 1. The molecule has 9 heteroatoms. The van der Waals surface area contributed by atoms with E-state index in [0.717, 1.165) is 13.7 Å². The van der Waals surface area contributed by atoms with Crippen LogP contribution in [-0.4, -0.2) is 25.3 Å². The molecule has 1 aliphatic rings. The van der Waals surface area contributed by atoms with E-state index in [-0.39, 0.29) is 5.91 Å². The molecule has 1 fully saturated rings. The maximum atomic E-state index is 11.2. The molecule has 0 aromatic heterocycles. The summed E-state index contributed by atoms with van der Waals surface area (Å²) in [6.45, 7) is 9.60. The van der Waals surface area contributed by atoms with Crippen LogP contribution in [0.3, 0.4) is 0 Å². The number of carbonyl (C=O) groups excluding carboxylic acids is 2. The fourth-order valence-corrected chi connectivity index (χ4v) is 5.35. The Balaban J connectivity index is 0.000000226. The smallest absolute Gasteiger partial charge is 0.271 e. The number of rotatable bonds is 1. The predicted molar refractivity (Wildman–Crippen MR) is 141 cm³/mol. The van der Waals surface area contributed by atoms with Crippen LogP contribution in [0.25, 0.3) is 0 Å². The van der Waals surface area contributed by atoms with E-state index in [9.17, 15) is 9.59 Å². The lowest BCUT2D eigenvalue weighted by Gasteiger charge is -2.19. The second-order valence-corrected chi connectivity index (χ2v) is 11.1. The largest absolute Gasteiger partial charge is 0.348 e. The first-order valence-electron chi connectivity index (χ1n) is 8.85. The Hall–Kier alpha value is -0.220. The molecule has 30 heavy (non-hydrogen) atoms. The van der Waals surface area contributed by atoms with Gasteiger partial charge >= 0.3 is 6.03 Å². The molecule has 0 N–H and O–H groups in total. The van der Waals surface area contributed by atoms with Crippen molar-refractivity contribution in [3.05, 3.63) is 67.6 Å². The first kappa shape index (κ1) is 27.8. The number of imide groups is 1. The van der Waals surface area contributed by atoms with Gasteiger partial charge in [0.25, 0.3) is 5.91 Å². The van der Waals surface area contributed by atoms with Gasteiger partial charge in [-0.2, -0.15) is 3.93 Å². The van der Waals surface area contributed by atoms with Gasteiger partial charge in [-0.05, 0) is 81.1 Å². The van der Waals surface area contributed by atoms with E-state index >= 15 is 0 Å². The normalized spacial score (nSPS) is 14.7. The van der Waals surface area contributed by atoms with Crippen molar-refractivity contribution in [1.29, 1.82) is 0 Å². The molecule has 3 rings (SSSR count). The molecule has 4 nitrogen and oxygen atoms in total. The highest BCUT2D eigenvalue weighted by molar-refractivity contribution is 9.11. The lowest BCUT2D eigenvalue weighted by molar-refractivity contribution is -0.127. The van der Waals surface area contributed by atoms with Gasteiger partial charge in [0.2, 0.25) is 0 Å². The van der Waals surface area contributed by atoms with E-state index in [4.69, 9.17) is 0 Å². The molecule has 0 aliphatic carbocycles. The molecule has 2 aromatic carbocycles. The standard InChI is InChI=1S/C8H8Br2.C8H9Br.C5H6Br2N2O2/c1-6-2-7(5-9)4-8(10)3-6;1-6-3-7(2)5-8(9)4-6;1-5(2)3(10)8(6)4(11)9(5)7/h2-4H,5H2,1H3;3-5H,1-2H3;1-2H3. The molecule has 0 spiro atoms. The van der Waals surface area contributed by atoms with Gasteiger partial charge in [-0.15, -0.1) is 0 Å². The van der Waals surface area contributed by atoms with Crippen LogP contribution in [0.4, 0.5) is 4.79 Å². The number of alkyl halides is 1. The van der Waals surface area contributed by atoms with Crippen LogP contribution in [0.5, 0.6) is 0 Å². The Morgan fingerprint density at radius 3 is 1.50 bits per heavy atom. The fraction of sp³-hybridized carbons (Fsp3) is 0.333. The third kappa shape index (κ3) is 8.04. The summed E-state index contributed by atoms with van der Waals surface area (Å²) in [6.07, 6.45) is 0. The maximum absolute atomic E-state index is 11.2. The van der Waals surface area contributed by atoms with E-state index in [1.807, 2.05) is 0 Å². The first-order chi connectivity index (χ1) is 13.8. The Morgan fingerprint density at radius 1 is 0.800 bits per heavy atom. The van der Waals surface area contributed by atoms with Crippen molar-refractivity contribution >= 4 is 92.0 Å². The van der Waals surface area contributed by atoms with Crippen molar-refractivity contribution in [3.63, 3.8) is 0 Å². The van der Waals surface area contributed by atoms with E-state index in [1.165, 1.54) is 30.7 Å². The molecular weight excluding hydrogens is 712 g/mol. The van der Waals surface area contributed by atoms with E-state index < -0.39 is 11.6 Å². The molecule has 1 aliphatic heterocycles. The highest BCUT2D eigenvalue weighted by atomic mass is 79.9. The van der Waals surface area contributed by atoms with Crippen molar-refractivity contribution < 1.29 is 9.59 Å². The van der Waals surface area contributed by atoms with Crippen molar-refractivity contribution in [1.82, 2.24) is 7.85 Å². The number of hydrogen-bond acceptors (Lipinski definition) is 2. The Bertz CT molecular complexity index is 848. The van der Waals surface area contributed by atoms with Crippen molar-refractivity contribution in [2.75, 3.05) is 0 Å². The number of halogens is 5. The number of aryl methyl sites for hydroxylation is 3. The van der Waals surface area contributed by atoms with Crippen LogP contribution in [-0.2, 0) is 10.1 Å². The lowest BCUT2D eigenvalue weighted by Crippen LogP contribution is -2.37. The van der Waals surface area contributed by atoms with E-state index in [0.29, 0.717) is 0 Å². The van der Waals surface area contributed by atoms with Crippen LogP contribution in [0.1, 0.15) is 36.1 Å². The minimum Gasteiger partial charge on any atom is -0.271 e. The van der Waals surface area contributed by atoms with E-state index in [1.54, 1.807) is 13.8 Å².